The second-order valence-electron chi connectivity index (χ2n) is 6.93. The van der Waals surface area contributed by atoms with E-state index in [0.29, 0.717) is 30.2 Å². The predicted molar refractivity (Wildman–Crippen MR) is 104 cm³/mol. The average Bonchev–Trinajstić information content (AvgIpc) is 3.40. The number of ether oxygens (including phenoxy) is 1. The van der Waals surface area contributed by atoms with E-state index in [2.05, 4.69) is 15.6 Å². The molecule has 1 amide bonds. The molecule has 0 bridgehead atoms. The summed E-state index contributed by atoms with van der Waals surface area (Å²) in [5.41, 5.74) is 0.582. The van der Waals surface area contributed by atoms with Crippen LogP contribution in [0.4, 0.5) is 9.18 Å². The molecule has 2 atom stereocenters. The summed E-state index contributed by atoms with van der Waals surface area (Å²) in [5, 5.41) is 7.31. The summed E-state index contributed by atoms with van der Waals surface area (Å²) in [7, 11) is 1.40. The molecule has 6 nitrogen and oxygen atoms in total. The highest BCUT2D eigenvalue weighted by Crippen LogP contribution is 2.44. The monoisotopic (exact) mass is 396 g/mol. The van der Waals surface area contributed by atoms with E-state index < -0.39 is 0 Å². The first-order valence-corrected chi connectivity index (χ1v) is 9.75. The van der Waals surface area contributed by atoms with E-state index in [1.54, 1.807) is 17.0 Å². The van der Waals surface area contributed by atoms with E-state index in [9.17, 15) is 9.18 Å². The Balaban J connectivity index is 1.54. The number of guanidine groups is 1. The second-order valence-corrected chi connectivity index (χ2v) is 7.33. The maximum atomic E-state index is 14.1. The molecule has 1 heterocycles. The number of methoxy groups -OCH3 is 1. The summed E-state index contributed by atoms with van der Waals surface area (Å²) in [4.78, 5) is 17.8. The number of nitrogens with one attached hydrogen (secondary N) is 2. The Labute approximate surface area is 164 Å². The summed E-state index contributed by atoms with van der Waals surface area (Å²) < 4.78 is 18.9. The van der Waals surface area contributed by atoms with Gasteiger partial charge in [0, 0.05) is 48.2 Å². The van der Waals surface area contributed by atoms with Crippen molar-refractivity contribution in [2.75, 3.05) is 26.7 Å². The molecule has 0 spiro atoms. The van der Waals surface area contributed by atoms with Crippen molar-refractivity contribution in [3.05, 3.63) is 34.6 Å². The highest BCUT2D eigenvalue weighted by atomic mass is 35.5. The van der Waals surface area contributed by atoms with Crippen molar-refractivity contribution in [2.45, 2.75) is 44.2 Å². The van der Waals surface area contributed by atoms with Gasteiger partial charge in [-0.3, -0.25) is 4.99 Å². The Morgan fingerprint density at radius 3 is 2.74 bits per heavy atom. The number of likely N-dealkylation sites (tertiary alicyclic amines) is 1. The van der Waals surface area contributed by atoms with Crippen LogP contribution < -0.4 is 10.6 Å². The van der Waals surface area contributed by atoms with Crippen molar-refractivity contribution >= 4 is 23.7 Å². The number of piperidine rings is 1. The molecule has 2 aliphatic rings. The summed E-state index contributed by atoms with van der Waals surface area (Å²) in [6.07, 6.45) is 2.20. The molecule has 1 aromatic carbocycles. The summed E-state index contributed by atoms with van der Waals surface area (Å²) in [6, 6.07) is 5.15. The highest BCUT2D eigenvalue weighted by molar-refractivity contribution is 6.31. The van der Waals surface area contributed by atoms with Crippen LogP contribution in [0, 0.1) is 5.82 Å². The number of amides is 1. The van der Waals surface area contributed by atoms with Gasteiger partial charge in [-0.25, -0.2) is 9.18 Å². The first-order chi connectivity index (χ1) is 13.0. The lowest BCUT2D eigenvalue weighted by Crippen LogP contribution is -2.50. The molecule has 148 valence electrons. The number of benzene rings is 1. The fourth-order valence-corrected chi connectivity index (χ4v) is 3.84. The van der Waals surface area contributed by atoms with Gasteiger partial charge in [0.05, 0.1) is 7.11 Å². The van der Waals surface area contributed by atoms with Crippen molar-refractivity contribution in [3.8, 4) is 0 Å². The molecule has 2 fully saturated rings. The van der Waals surface area contributed by atoms with Crippen LogP contribution in [0.15, 0.2) is 23.2 Å². The van der Waals surface area contributed by atoms with Gasteiger partial charge in [0.1, 0.15) is 5.82 Å². The molecule has 1 saturated carbocycles. The SMILES string of the molecule is CCN=C(NC1CCN(C(=O)OC)CC1)NC1CC1c1c(F)cccc1Cl. The minimum atomic E-state index is -0.281. The summed E-state index contributed by atoms with van der Waals surface area (Å²) >= 11 is 6.18. The van der Waals surface area contributed by atoms with Crippen LogP contribution in [-0.4, -0.2) is 55.8 Å². The third kappa shape index (κ3) is 4.83. The van der Waals surface area contributed by atoms with Crippen LogP contribution in [0.3, 0.4) is 0 Å². The molecule has 1 saturated heterocycles. The Hall–Kier alpha value is -2.02. The Morgan fingerprint density at radius 2 is 2.11 bits per heavy atom. The molecular formula is C19H26ClFN4O2. The van der Waals surface area contributed by atoms with E-state index in [0.717, 1.165) is 25.2 Å². The minimum Gasteiger partial charge on any atom is -0.453 e. The molecular weight excluding hydrogens is 371 g/mol. The van der Waals surface area contributed by atoms with Gasteiger partial charge in [0.2, 0.25) is 0 Å². The predicted octanol–water partition coefficient (Wildman–Crippen LogP) is 3.12. The van der Waals surface area contributed by atoms with Gasteiger partial charge in [0.25, 0.3) is 0 Å². The van der Waals surface area contributed by atoms with Gasteiger partial charge >= 0.3 is 6.09 Å². The van der Waals surface area contributed by atoms with E-state index in [1.165, 1.54) is 13.2 Å². The number of aliphatic imine (C=N–C) groups is 1. The van der Waals surface area contributed by atoms with Gasteiger partial charge in [0.15, 0.2) is 5.96 Å². The van der Waals surface area contributed by atoms with E-state index in [4.69, 9.17) is 16.3 Å². The summed E-state index contributed by atoms with van der Waals surface area (Å²) in [5.74, 6) is 0.534. The van der Waals surface area contributed by atoms with Gasteiger partial charge in [-0.15, -0.1) is 0 Å². The standard InChI is InChI=1S/C19H26ClFN4O2/c1-3-22-18(23-12-7-9-25(10-8-12)19(26)27-2)24-16-11-13(16)17-14(20)5-4-6-15(17)21/h4-6,12-13,16H,3,7-11H2,1-2H3,(H2,22,23,24). The number of nitrogens with zero attached hydrogens (tertiary/aromatic N) is 2. The molecule has 27 heavy (non-hydrogen) atoms. The average molecular weight is 397 g/mol. The van der Waals surface area contributed by atoms with Crippen molar-refractivity contribution in [2.24, 2.45) is 4.99 Å². The van der Waals surface area contributed by atoms with Gasteiger partial charge in [-0.2, -0.15) is 0 Å². The first kappa shape index (κ1) is 19.7. The normalized spacial score (nSPS) is 23.1. The van der Waals surface area contributed by atoms with Crippen molar-refractivity contribution in [1.82, 2.24) is 15.5 Å². The molecule has 3 rings (SSSR count). The number of hydrogen-bond donors (Lipinski definition) is 2. The highest BCUT2D eigenvalue weighted by Gasteiger charge is 2.42. The van der Waals surface area contributed by atoms with Crippen LogP contribution in [-0.2, 0) is 4.74 Å². The lowest BCUT2D eigenvalue weighted by molar-refractivity contribution is 0.111. The minimum absolute atomic E-state index is 0.0590. The fraction of sp³-hybridized carbons (Fsp3) is 0.579. The van der Waals surface area contributed by atoms with Crippen LogP contribution in [0.5, 0.6) is 0 Å². The maximum absolute atomic E-state index is 14.1. The van der Waals surface area contributed by atoms with E-state index >= 15 is 0 Å². The molecule has 1 aliphatic heterocycles. The van der Waals surface area contributed by atoms with Crippen molar-refractivity contribution < 1.29 is 13.9 Å². The largest absolute Gasteiger partial charge is 0.453 e. The zero-order valence-corrected chi connectivity index (χ0v) is 16.4. The molecule has 8 heteroatoms. The zero-order valence-electron chi connectivity index (χ0n) is 15.7. The van der Waals surface area contributed by atoms with Crippen LogP contribution in [0.2, 0.25) is 5.02 Å². The molecule has 1 aromatic rings. The zero-order chi connectivity index (χ0) is 19.4. The van der Waals surface area contributed by atoms with Crippen LogP contribution in [0.1, 0.15) is 37.7 Å². The van der Waals surface area contributed by atoms with E-state index in [1.807, 2.05) is 6.92 Å². The quantitative estimate of drug-likeness (QED) is 0.606. The Morgan fingerprint density at radius 1 is 1.37 bits per heavy atom. The molecule has 0 radical (unpaired) electrons. The first-order valence-electron chi connectivity index (χ1n) is 9.37. The molecule has 1 aliphatic carbocycles. The number of carbonyl (C=O) groups is 1. The number of hydrogen-bond acceptors (Lipinski definition) is 3. The van der Waals surface area contributed by atoms with E-state index in [-0.39, 0.29) is 29.9 Å². The van der Waals surface area contributed by atoms with Gasteiger partial charge < -0.3 is 20.3 Å². The van der Waals surface area contributed by atoms with Crippen LogP contribution in [0.25, 0.3) is 0 Å². The number of carbonyl (C=O) groups excluding carboxylic acids is 1. The second kappa shape index (κ2) is 8.78. The van der Waals surface area contributed by atoms with Gasteiger partial charge in [-0.05, 0) is 38.3 Å². The smallest absolute Gasteiger partial charge is 0.409 e. The Kier molecular flexibility index (Phi) is 6.42. The maximum Gasteiger partial charge on any atom is 0.409 e. The van der Waals surface area contributed by atoms with Crippen molar-refractivity contribution in [1.29, 1.82) is 0 Å². The van der Waals surface area contributed by atoms with Crippen molar-refractivity contribution in [3.63, 3.8) is 0 Å². The fourth-order valence-electron chi connectivity index (χ4n) is 3.53. The Bertz CT molecular complexity index is 687. The lowest BCUT2D eigenvalue weighted by atomic mass is 10.1. The third-order valence-electron chi connectivity index (χ3n) is 5.07. The molecule has 2 N–H and O–H groups in total. The topological polar surface area (TPSA) is 66.0 Å². The summed E-state index contributed by atoms with van der Waals surface area (Å²) in [6.45, 7) is 3.93. The molecule has 0 aromatic heterocycles. The third-order valence-corrected chi connectivity index (χ3v) is 5.40. The number of rotatable bonds is 4. The molecule has 2 unspecified atom stereocenters. The van der Waals surface area contributed by atoms with Crippen LogP contribution >= 0.6 is 11.6 Å². The number of halogens is 2. The lowest BCUT2D eigenvalue weighted by Gasteiger charge is -2.32. The van der Waals surface area contributed by atoms with Gasteiger partial charge in [-0.1, -0.05) is 17.7 Å².